The third-order valence-corrected chi connectivity index (χ3v) is 6.26. The summed E-state index contributed by atoms with van der Waals surface area (Å²) in [6.07, 6.45) is 10.8. The molecule has 0 spiro atoms. The molecule has 2 aliphatic heterocycles. The van der Waals surface area contributed by atoms with Crippen LogP contribution in [0.25, 0.3) is 0 Å². The van der Waals surface area contributed by atoms with Gasteiger partial charge < -0.3 is 19.5 Å². The molecule has 3 heterocycles. The first-order valence-electron chi connectivity index (χ1n) is 10.1. The molecule has 144 valence electrons. The topological polar surface area (TPSA) is 80.5 Å². The number of nitrogens with one attached hydrogen (secondary N) is 1. The Balaban J connectivity index is 1.36. The van der Waals surface area contributed by atoms with Gasteiger partial charge in [-0.15, -0.1) is 0 Å². The van der Waals surface area contributed by atoms with Crippen molar-refractivity contribution in [1.82, 2.24) is 20.4 Å². The molecule has 2 amide bonds. The highest BCUT2D eigenvalue weighted by Gasteiger charge is 2.45. The van der Waals surface area contributed by atoms with Crippen molar-refractivity contribution in [2.75, 3.05) is 13.7 Å². The Morgan fingerprint density at radius 2 is 1.92 bits per heavy atom. The molecule has 3 aliphatic rings. The number of hydrogen-bond acceptors (Lipinski definition) is 5. The summed E-state index contributed by atoms with van der Waals surface area (Å²) in [4.78, 5) is 19.5. The number of aromatic nitrogens is 2. The molecule has 2 bridgehead atoms. The zero-order valence-corrected chi connectivity index (χ0v) is 15.7. The fraction of sp³-hybridized carbons (Fsp3) is 0.842. The maximum Gasteiger partial charge on any atom is 0.318 e. The summed E-state index contributed by atoms with van der Waals surface area (Å²) in [5.74, 6) is 1.72. The van der Waals surface area contributed by atoms with Gasteiger partial charge in [0.15, 0.2) is 5.82 Å². The van der Waals surface area contributed by atoms with Crippen molar-refractivity contribution >= 4 is 6.03 Å². The van der Waals surface area contributed by atoms with Crippen LogP contribution in [0.15, 0.2) is 4.52 Å². The Kier molecular flexibility index (Phi) is 5.43. The van der Waals surface area contributed by atoms with Crippen molar-refractivity contribution in [1.29, 1.82) is 0 Å². The predicted molar refractivity (Wildman–Crippen MR) is 95.9 cm³/mol. The first-order chi connectivity index (χ1) is 12.7. The van der Waals surface area contributed by atoms with Crippen molar-refractivity contribution in [2.45, 2.75) is 88.3 Å². The van der Waals surface area contributed by atoms with Crippen molar-refractivity contribution < 1.29 is 14.1 Å². The highest BCUT2D eigenvalue weighted by Crippen LogP contribution is 2.42. The molecule has 1 aliphatic carbocycles. The standard InChI is InChI=1S/C19H30N4O3/c1-25-10-9-17-21-18(26-22-17)13-11-15-7-8-16(12-13)23(15)19(24)20-14-5-3-2-4-6-14/h13-16H,2-12H2,1H3,(H,20,24)/t13?,15-,16+. The van der Waals surface area contributed by atoms with Crippen LogP contribution in [0, 0.1) is 0 Å². The molecule has 7 nitrogen and oxygen atoms in total. The summed E-state index contributed by atoms with van der Waals surface area (Å²) in [7, 11) is 1.67. The lowest BCUT2D eigenvalue weighted by Gasteiger charge is -2.39. The highest BCUT2D eigenvalue weighted by atomic mass is 16.5. The third-order valence-electron chi connectivity index (χ3n) is 6.26. The molecule has 1 unspecified atom stereocenters. The quantitative estimate of drug-likeness (QED) is 0.871. The average Bonchev–Trinajstić information content (AvgIpc) is 3.23. The number of methoxy groups -OCH3 is 1. The van der Waals surface area contributed by atoms with Crippen LogP contribution in [0.4, 0.5) is 4.79 Å². The first kappa shape index (κ1) is 17.8. The Morgan fingerprint density at radius 1 is 1.19 bits per heavy atom. The first-order valence-corrected chi connectivity index (χ1v) is 10.1. The number of nitrogens with zero attached hydrogens (tertiary/aromatic N) is 3. The molecule has 1 aromatic heterocycles. The van der Waals surface area contributed by atoms with Crippen LogP contribution in [0.3, 0.4) is 0 Å². The van der Waals surface area contributed by atoms with E-state index >= 15 is 0 Å². The maximum atomic E-state index is 12.8. The van der Waals surface area contributed by atoms with E-state index in [1.807, 2.05) is 0 Å². The van der Waals surface area contributed by atoms with Crippen molar-refractivity contribution in [3.8, 4) is 0 Å². The molecule has 1 N–H and O–H groups in total. The molecule has 0 radical (unpaired) electrons. The number of fused-ring (bicyclic) bond motifs is 2. The zero-order chi connectivity index (χ0) is 17.9. The SMILES string of the molecule is COCCc1noc(C2C[C@H]3CC[C@@H](C2)N3C(=O)NC2CCCCC2)n1. The summed E-state index contributed by atoms with van der Waals surface area (Å²) in [5, 5.41) is 7.36. The molecule has 7 heteroatoms. The minimum absolute atomic E-state index is 0.147. The number of amides is 2. The summed E-state index contributed by atoms with van der Waals surface area (Å²) in [5.41, 5.74) is 0. The van der Waals surface area contributed by atoms with Gasteiger partial charge in [-0.1, -0.05) is 24.4 Å². The van der Waals surface area contributed by atoms with Crippen molar-refractivity contribution in [2.24, 2.45) is 0 Å². The van der Waals surface area contributed by atoms with Gasteiger partial charge in [-0.25, -0.2) is 4.79 Å². The normalized spacial score (nSPS) is 29.1. The van der Waals surface area contributed by atoms with Crippen LogP contribution in [0.2, 0.25) is 0 Å². The van der Waals surface area contributed by atoms with E-state index in [2.05, 4.69) is 20.4 Å². The third kappa shape index (κ3) is 3.72. The molecule has 1 aromatic rings. The number of rotatable bonds is 5. The van der Waals surface area contributed by atoms with Crippen molar-refractivity contribution in [3.05, 3.63) is 11.7 Å². The molecule has 2 saturated heterocycles. The monoisotopic (exact) mass is 362 g/mol. The molecular formula is C19H30N4O3. The van der Waals surface area contributed by atoms with Crippen LogP contribution in [0.1, 0.15) is 75.4 Å². The van der Waals surface area contributed by atoms with Gasteiger partial charge in [-0.2, -0.15) is 4.98 Å². The summed E-state index contributed by atoms with van der Waals surface area (Å²) in [6, 6.07) is 1.12. The fourth-order valence-corrected chi connectivity index (χ4v) is 4.93. The fourth-order valence-electron chi connectivity index (χ4n) is 4.93. The van der Waals surface area contributed by atoms with E-state index in [1.54, 1.807) is 7.11 Å². The summed E-state index contributed by atoms with van der Waals surface area (Å²) >= 11 is 0. The van der Waals surface area contributed by atoms with Gasteiger partial charge >= 0.3 is 6.03 Å². The molecule has 1 saturated carbocycles. The van der Waals surface area contributed by atoms with Crippen molar-refractivity contribution in [3.63, 3.8) is 0 Å². The lowest BCUT2D eigenvalue weighted by Crippen LogP contribution is -2.53. The lowest BCUT2D eigenvalue weighted by molar-refractivity contribution is 0.126. The minimum atomic E-state index is 0.147. The van der Waals surface area contributed by atoms with Crippen LogP contribution < -0.4 is 5.32 Å². The van der Waals surface area contributed by atoms with Crippen LogP contribution in [-0.4, -0.2) is 52.9 Å². The number of urea groups is 1. The molecular weight excluding hydrogens is 332 g/mol. The highest BCUT2D eigenvalue weighted by molar-refractivity contribution is 5.76. The second-order valence-corrected chi connectivity index (χ2v) is 8.04. The second-order valence-electron chi connectivity index (χ2n) is 8.04. The lowest BCUT2D eigenvalue weighted by atomic mass is 9.90. The number of ether oxygens (including phenoxy) is 1. The van der Waals surface area contributed by atoms with E-state index < -0.39 is 0 Å². The van der Waals surface area contributed by atoms with Crippen LogP contribution in [-0.2, 0) is 11.2 Å². The number of carbonyl (C=O) groups is 1. The Bertz CT molecular complexity index is 600. The number of piperidine rings is 1. The van der Waals surface area contributed by atoms with E-state index in [9.17, 15) is 4.79 Å². The van der Waals surface area contributed by atoms with Gasteiger partial charge in [0, 0.05) is 37.6 Å². The van der Waals surface area contributed by atoms with Gasteiger partial charge in [-0.05, 0) is 38.5 Å². The van der Waals surface area contributed by atoms with Gasteiger partial charge in [0.2, 0.25) is 5.89 Å². The van der Waals surface area contributed by atoms with Gasteiger partial charge in [0.05, 0.1) is 6.61 Å². The molecule has 4 rings (SSSR count). The zero-order valence-electron chi connectivity index (χ0n) is 15.7. The second kappa shape index (κ2) is 7.94. The van der Waals surface area contributed by atoms with E-state index in [0.29, 0.717) is 37.0 Å². The molecule has 3 fully saturated rings. The largest absolute Gasteiger partial charge is 0.384 e. The summed E-state index contributed by atoms with van der Waals surface area (Å²) in [6.45, 7) is 0.601. The minimum Gasteiger partial charge on any atom is -0.384 e. The average molecular weight is 362 g/mol. The smallest absolute Gasteiger partial charge is 0.318 e. The maximum absolute atomic E-state index is 12.8. The molecule has 26 heavy (non-hydrogen) atoms. The molecule has 0 aromatic carbocycles. The van der Waals surface area contributed by atoms with Gasteiger partial charge in [0.25, 0.3) is 0 Å². The Labute approximate surface area is 154 Å². The van der Waals surface area contributed by atoms with E-state index in [0.717, 1.165) is 44.4 Å². The number of hydrogen-bond donors (Lipinski definition) is 1. The number of carbonyl (C=O) groups excluding carboxylic acids is 1. The van der Waals surface area contributed by atoms with Crippen LogP contribution >= 0.6 is 0 Å². The summed E-state index contributed by atoms with van der Waals surface area (Å²) < 4.78 is 10.6. The Morgan fingerprint density at radius 3 is 2.62 bits per heavy atom. The van der Waals surface area contributed by atoms with E-state index in [1.165, 1.54) is 19.3 Å². The van der Waals surface area contributed by atoms with Gasteiger partial charge in [0.1, 0.15) is 0 Å². The Hall–Kier alpha value is -1.63. The van der Waals surface area contributed by atoms with Gasteiger partial charge in [-0.3, -0.25) is 0 Å². The predicted octanol–water partition coefficient (Wildman–Crippen LogP) is 3.01. The van der Waals surface area contributed by atoms with Crippen LogP contribution in [0.5, 0.6) is 0 Å². The van der Waals surface area contributed by atoms with E-state index in [-0.39, 0.29) is 11.9 Å². The molecule has 3 atom stereocenters. The van der Waals surface area contributed by atoms with E-state index in [4.69, 9.17) is 9.26 Å².